The number of anilines is 1. The van der Waals surface area contributed by atoms with E-state index in [9.17, 15) is 9.59 Å². The Morgan fingerprint density at radius 1 is 1.19 bits per heavy atom. The average Bonchev–Trinajstić information content (AvgIpc) is 2.41. The Morgan fingerprint density at radius 2 is 1.90 bits per heavy atom. The molecule has 0 aliphatic rings. The molecule has 4 nitrogen and oxygen atoms in total. The van der Waals surface area contributed by atoms with Crippen LogP contribution in [0.15, 0.2) is 42.5 Å². The van der Waals surface area contributed by atoms with Crippen LogP contribution in [0.3, 0.4) is 0 Å². The third-order valence-corrected chi connectivity index (χ3v) is 3.33. The molecule has 0 saturated carbocycles. The summed E-state index contributed by atoms with van der Waals surface area (Å²) in [5.74, 6) is -1.40. The van der Waals surface area contributed by atoms with Crippen molar-refractivity contribution in [3.05, 3.63) is 64.2 Å². The molecule has 0 saturated heterocycles. The van der Waals surface area contributed by atoms with Crippen LogP contribution in [0.1, 0.15) is 21.5 Å². The Bertz CT molecular complexity index is 698. The van der Waals surface area contributed by atoms with E-state index in [1.165, 1.54) is 18.2 Å². The lowest BCUT2D eigenvalue weighted by Gasteiger charge is -2.10. The number of hydrogen-bond acceptors (Lipinski definition) is 2. The molecule has 0 spiro atoms. The number of carboxylic acid groups (broad SMARTS) is 1. The summed E-state index contributed by atoms with van der Waals surface area (Å²) < 4.78 is 0. The van der Waals surface area contributed by atoms with Crippen LogP contribution in [0.4, 0.5) is 5.69 Å². The van der Waals surface area contributed by atoms with Crippen LogP contribution in [-0.4, -0.2) is 17.0 Å². The molecular weight excluding hydrogens is 290 g/mol. The van der Waals surface area contributed by atoms with Gasteiger partial charge in [-0.05, 0) is 36.2 Å². The van der Waals surface area contributed by atoms with Gasteiger partial charge in [-0.1, -0.05) is 35.9 Å². The first-order valence-electron chi connectivity index (χ1n) is 6.34. The number of benzene rings is 2. The van der Waals surface area contributed by atoms with Crippen LogP contribution in [-0.2, 0) is 11.2 Å². The van der Waals surface area contributed by atoms with Crippen molar-refractivity contribution in [2.75, 3.05) is 5.32 Å². The van der Waals surface area contributed by atoms with Crippen molar-refractivity contribution in [1.29, 1.82) is 0 Å². The number of carbonyl (C=O) groups excluding carboxylic acids is 1. The molecule has 0 bridgehead atoms. The molecule has 108 valence electrons. The molecule has 0 atom stereocenters. The van der Waals surface area contributed by atoms with Crippen LogP contribution in [0, 0.1) is 6.92 Å². The first-order valence-corrected chi connectivity index (χ1v) is 6.72. The van der Waals surface area contributed by atoms with E-state index in [1.54, 1.807) is 0 Å². The van der Waals surface area contributed by atoms with Crippen LogP contribution < -0.4 is 5.32 Å². The largest absolute Gasteiger partial charge is 0.478 e. The average molecular weight is 304 g/mol. The SMILES string of the molecule is Cc1ccccc1CC(=O)Nc1cc(Cl)ccc1C(=O)O. The molecule has 1 amide bonds. The van der Waals surface area contributed by atoms with E-state index in [0.29, 0.717) is 5.02 Å². The fourth-order valence-corrected chi connectivity index (χ4v) is 2.15. The predicted molar refractivity (Wildman–Crippen MR) is 81.9 cm³/mol. The quantitative estimate of drug-likeness (QED) is 0.908. The molecule has 0 radical (unpaired) electrons. The highest BCUT2D eigenvalue weighted by molar-refractivity contribution is 6.31. The van der Waals surface area contributed by atoms with Crippen LogP contribution >= 0.6 is 11.6 Å². The van der Waals surface area contributed by atoms with Crippen LogP contribution in [0.5, 0.6) is 0 Å². The fraction of sp³-hybridized carbons (Fsp3) is 0.125. The van der Waals surface area contributed by atoms with Gasteiger partial charge < -0.3 is 10.4 Å². The van der Waals surface area contributed by atoms with Gasteiger partial charge in [0.2, 0.25) is 5.91 Å². The fourth-order valence-electron chi connectivity index (χ4n) is 1.98. The van der Waals surface area contributed by atoms with E-state index < -0.39 is 5.97 Å². The van der Waals surface area contributed by atoms with Gasteiger partial charge >= 0.3 is 5.97 Å². The van der Waals surface area contributed by atoms with Crippen molar-refractivity contribution in [1.82, 2.24) is 0 Å². The number of carboxylic acids is 1. The smallest absolute Gasteiger partial charge is 0.337 e. The Balaban J connectivity index is 2.18. The zero-order chi connectivity index (χ0) is 15.4. The summed E-state index contributed by atoms with van der Waals surface area (Å²) >= 11 is 5.85. The highest BCUT2D eigenvalue weighted by Crippen LogP contribution is 2.21. The molecule has 0 unspecified atom stereocenters. The zero-order valence-corrected chi connectivity index (χ0v) is 12.1. The highest BCUT2D eigenvalue weighted by atomic mass is 35.5. The number of carbonyl (C=O) groups is 2. The van der Waals surface area contributed by atoms with Gasteiger partial charge in [0.15, 0.2) is 0 Å². The van der Waals surface area contributed by atoms with Crippen molar-refractivity contribution in [2.24, 2.45) is 0 Å². The third-order valence-electron chi connectivity index (χ3n) is 3.10. The molecular formula is C16H14ClNO3. The minimum absolute atomic E-state index is 0.0116. The molecule has 0 aliphatic carbocycles. The predicted octanol–water partition coefficient (Wildman–Crippen LogP) is 3.53. The Labute approximate surface area is 127 Å². The maximum Gasteiger partial charge on any atom is 0.337 e. The summed E-state index contributed by atoms with van der Waals surface area (Å²) in [6.07, 6.45) is 0.179. The van der Waals surface area contributed by atoms with Gasteiger partial charge in [-0.3, -0.25) is 4.79 Å². The molecule has 0 fully saturated rings. The van der Waals surface area contributed by atoms with Gasteiger partial charge in [-0.15, -0.1) is 0 Å². The zero-order valence-electron chi connectivity index (χ0n) is 11.4. The molecule has 5 heteroatoms. The lowest BCUT2D eigenvalue weighted by Crippen LogP contribution is -2.17. The number of nitrogens with one attached hydrogen (secondary N) is 1. The number of halogens is 1. The van der Waals surface area contributed by atoms with Gasteiger partial charge in [0, 0.05) is 5.02 Å². The number of amides is 1. The summed E-state index contributed by atoms with van der Waals surface area (Å²) in [5, 5.41) is 12.1. The molecule has 2 rings (SSSR count). The minimum Gasteiger partial charge on any atom is -0.478 e. The highest BCUT2D eigenvalue weighted by Gasteiger charge is 2.13. The second-order valence-corrected chi connectivity index (χ2v) is 5.08. The first-order chi connectivity index (χ1) is 9.97. The van der Waals surface area contributed by atoms with Crippen molar-refractivity contribution >= 4 is 29.2 Å². The Morgan fingerprint density at radius 3 is 2.57 bits per heavy atom. The molecule has 0 aromatic heterocycles. The number of hydrogen-bond donors (Lipinski definition) is 2. The third kappa shape index (κ3) is 3.83. The second-order valence-electron chi connectivity index (χ2n) is 4.65. The molecule has 0 heterocycles. The number of aromatic carboxylic acids is 1. The van der Waals surface area contributed by atoms with Crippen molar-refractivity contribution in [2.45, 2.75) is 13.3 Å². The topological polar surface area (TPSA) is 66.4 Å². The van der Waals surface area contributed by atoms with Gasteiger partial charge in [0.05, 0.1) is 17.7 Å². The Hall–Kier alpha value is -2.33. The molecule has 2 N–H and O–H groups in total. The second kappa shape index (κ2) is 6.41. The van der Waals surface area contributed by atoms with E-state index in [-0.39, 0.29) is 23.6 Å². The van der Waals surface area contributed by atoms with Gasteiger partial charge in [-0.2, -0.15) is 0 Å². The number of rotatable bonds is 4. The maximum absolute atomic E-state index is 12.1. The molecule has 2 aromatic rings. The van der Waals surface area contributed by atoms with E-state index >= 15 is 0 Å². The number of aryl methyl sites for hydroxylation is 1. The van der Waals surface area contributed by atoms with Gasteiger partial charge in [0.25, 0.3) is 0 Å². The van der Waals surface area contributed by atoms with E-state index in [2.05, 4.69) is 5.32 Å². The summed E-state index contributed by atoms with van der Waals surface area (Å²) in [6.45, 7) is 1.92. The van der Waals surface area contributed by atoms with Crippen molar-refractivity contribution in [3.63, 3.8) is 0 Å². The van der Waals surface area contributed by atoms with Crippen LogP contribution in [0.25, 0.3) is 0 Å². The summed E-state index contributed by atoms with van der Waals surface area (Å²) in [5.41, 5.74) is 2.12. The summed E-state index contributed by atoms with van der Waals surface area (Å²) in [4.78, 5) is 23.2. The normalized spacial score (nSPS) is 10.2. The lowest BCUT2D eigenvalue weighted by molar-refractivity contribution is -0.115. The summed E-state index contributed by atoms with van der Waals surface area (Å²) in [6, 6.07) is 11.8. The first kappa shape index (κ1) is 15.1. The monoisotopic (exact) mass is 303 g/mol. The lowest BCUT2D eigenvalue weighted by atomic mass is 10.1. The van der Waals surface area contributed by atoms with Crippen molar-refractivity contribution in [3.8, 4) is 0 Å². The van der Waals surface area contributed by atoms with E-state index in [0.717, 1.165) is 11.1 Å². The van der Waals surface area contributed by atoms with Gasteiger partial charge in [0.1, 0.15) is 0 Å². The van der Waals surface area contributed by atoms with E-state index in [4.69, 9.17) is 16.7 Å². The van der Waals surface area contributed by atoms with Gasteiger partial charge in [-0.25, -0.2) is 4.79 Å². The molecule has 0 aliphatic heterocycles. The standard InChI is InChI=1S/C16H14ClNO3/c1-10-4-2-3-5-11(10)8-15(19)18-14-9-12(17)6-7-13(14)16(20)21/h2-7,9H,8H2,1H3,(H,18,19)(H,20,21). The van der Waals surface area contributed by atoms with Crippen LogP contribution in [0.2, 0.25) is 5.02 Å². The molecule has 21 heavy (non-hydrogen) atoms. The maximum atomic E-state index is 12.1. The molecule has 2 aromatic carbocycles. The minimum atomic E-state index is -1.11. The Kier molecular flexibility index (Phi) is 4.60. The van der Waals surface area contributed by atoms with E-state index in [1.807, 2.05) is 31.2 Å². The van der Waals surface area contributed by atoms with Crippen molar-refractivity contribution < 1.29 is 14.7 Å². The summed E-state index contributed by atoms with van der Waals surface area (Å²) in [7, 11) is 0.